The second-order valence-corrected chi connectivity index (χ2v) is 5.14. The summed E-state index contributed by atoms with van der Waals surface area (Å²) in [4.78, 5) is 13.4. The van der Waals surface area contributed by atoms with Crippen molar-refractivity contribution in [3.8, 4) is 0 Å². The van der Waals surface area contributed by atoms with Crippen LogP contribution in [0.15, 0.2) is 24.3 Å². The molecule has 0 bridgehead atoms. The van der Waals surface area contributed by atoms with Gasteiger partial charge in [-0.3, -0.25) is 9.69 Å². The summed E-state index contributed by atoms with van der Waals surface area (Å²) in [6, 6.07) is 7.61. The van der Waals surface area contributed by atoms with Crippen LogP contribution in [-0.2, 0) is 4.79 Å². The summed E-state index contributed by atoms with van der Waals surface area (Å²) in [5, 5.41) is 3.32. The molecule has 2 unspecified atom stereocenters. The predicted octanol–water partition coefficient (Wildman–Crippen LogP) is 1.80. The van der Waals surface area contributed by atoms with E-state index in [1.54, 1.807) is 7.05 Å². The summed E-state index contributed by atoms with van der Waals surface area (Å²) in [7, 11) is 3.60. The number of halogens is 1. The lowest BCUT2D eigenvalue weighted by atomic mass is 9.99. The van der Waals surface area contributed by atoms with Gasteiger partial charge in [-0.2, -0.15) is 0 Å². The largest absolute Gasteiger partial charge is 0.359 e. The SMILES string of the molecule is CNC(=O)CCN(C)C(c1ccccc1Cl)C(C)N. The zero-order valence-corrected chi connectivity index (χ0v) is 12.4. The van der Waals surface area contributed by atoms with Crippen LogP contribution in [0, 0.1) is 0 Å². The standard InChI is InChI=1S/C14H22ClN3O/c1-10(16)14(11-6-4-5-7-12(11)15)18(3)9-8-13(19)17-2/h4-7,10,14H,8-9,16H2,1-3H3,(H,17,19). The summed E-state index contributed by atoms with van der Waals surface area (Å²) in [5.41, 5.74) is 7.08. The number of rotatable bonds is 6. The van der Waals surface area contributed by atoms with Gasteiger partial charge in [0.1, 0.15) is 0 Å². The van der Waals surface area contributed by atoms with Gasteiger partial charge in [0.15, 0.2) is 0 Å². The van der Waals surface area contributed by atoms with Crippen molar-refractivity contribution >= 4 is 17.5 Å². The number of nitrogens with two attached hydrogens (primary N) is 1. The van der Waals surface area contributed by atoms with Crippen LogP contribution >= 0.6 is 11.6 Å². The van der Waals surface area contributed by atoms with Gasteiger partial charge in [0.25, 0.3) is 0 Å². The van der Waals surface area contributed by atoms with Crippen molar-refractivity contribution in [2.24, 2.45) is 5.73 Å². The van der Waals surface area contributed by atoms with Crippen LogP contribution < -0.4 is 11.1 Å². The Morgan fingerprint density at radius 3 is 2.63 bits per heavy atom. The molecule has 0 radical (unpaired) electrons. The van der Waals surface area contributed by atoms with E-state index < -0.39 is 0 Å². The van der Waals surface area contributed by atoms with E-state index in [4.69, 9.17) is 17.3 Å². The number of hydrogen-bond donors (Lipinski definition) is 2. The van der Waals surface area contributed by atoms with Gasteiger partial charge >= 0.3 is 0 Å². The molecule has 0 aliphatic carbocycles. The fourth-order valence-corrected chi connectivity index (χ4v) is 2.43. The minimum Gasteiger partial charge on any atom is -0.359 e. The highest BCUT2D eigenvalue weighted by Gasteiger charge is 2.23. The van der Waals surface area contributed by atoms with Gasteiger partial charge in [0, 0.05) is 31.1 Å². The average Bonchev–Trinajstić information content (AvgIpc) is 2.38. The lowest BCUT2D eigenvalue weighted by Gasteiger charge is -2.31. The zero-order valence-electron chi connectivity index (χ0n) is 11.7. The summed E-state index contributed by atoms with van der Waals surface area (Å²) >= 11 is 6.24. The van der Waals surface area contributed by atoms with Crippen molar-refractivity contribution < 1.29 is 4.79 Å². The monoisotopic (exact) mass is 283 g/mol. The van der Waals surface area contributed by atoms with E-state index in [-0.39, 0.29) is 18.0 Å². The highest BCUT2D eigenvalue weighted by molar-refractivity contribution is 6.31. The molecule has 0 aromatic heterocycles. The van der Waals surface area contributed by atoms with E-state index in [9.17, 15) is 4.79 Å². The van der Waals surface area contributed by atoms with Gasteiger partial charge < -0.3 is 11.1 Å². The number of carbonyl (C=O) groups is 1. The summed E-state index contributed by atoms with van der Waals surface area (Å²) in [5.74, 6) is 0.0226. The third kappa shape index (κ3) is 4.49. The van der Waals surface area contributed by atoms with Crippen LogP contribution in [0.4, 0.5) is 0 Å². The molecule has 4 nitrogen and oxygen atoms in total. The number of likely N-dealkylation sites (N-methyl/N-ethyl adjacent to an activating group) is 1. The van der Waals surface area contributed by atoms with Crippen molar-refractivity contribution in [3.63, 3.8) is 0 Å². The molecule has 1 aromatic rings. The number of amides is 1. The van der Waals surface area contributed by atoms with Crippen molar-refractivity contribution in [3.05, 3.63) is 34.9 Å². The molecule has 0 saturated heterocycles. The van der Waals surface area contributed by atoms with Crippen molar-refractivity contribution in [2.75, 3.05) is 20.6 Å². The summed E-state index contributed by atoms with van der Waals surface area (Å²) in [6.45, 7) is 2.58. The Morgan fingerprint density at radius 2 is 2.11 bits per heavy atom. The van der Waals surface area contributed by atoms with Crippen LogP contribution in [0.2, 0.25) is 5.02 Å². The smallest absolute Gasteiger partial charge is 0.221 e. The first kappa shape index (κ1) is 16.0. The molecule has 0 fully saturated rings. The maximum atomic E-state index is 11.3. The number of nitrogens with one attached hydrogen (secondary N) is 1. The molecule has 3 N–H and O–H groups in total. The molecule has 1 rings (SSSR count). The maximum absolute atomic E-state index is 11.3. The number of carbonyl (C=O) groups excluding carboxylic acids is 1. The highest BCUT2D eigenvalue weighted by atomic mass is 35.5. The zero-order chi connectivity index (χ0) is 14.4. The Bertz CT molecular complexity index is 423. The molecule has 0 aliphatic heterocycles. The van der Waals surface area contributed by atoms with E-state index in [2.05, 4.69) is 10.2 Å². The quantitative estimate of drug-likeness (QED) is 0.837. The van der Waals surface area contributed by atoms with Gasteiger partial charge in [-0.1, -0.05) is 29.8 Å². The molecule has 19 heavy (non-hydrogen) atoms. The second kappa shape index (κ2) is 7.48. The van der Waals surface area contributed by atoms with Crippen LogP contribution in [0.1, 0.15) is 24.9 Å². The van der Waals surface area contributed by atoms with Crippen LogP contribution in [-0.4, -0.2) is 37.5 Å². The third-order valence-electron chi connectivity index (χ3n) is 3.17. The Kier molecular flexibility index (Phi) is 6.28. The van der Waals surface area contributed by atoms with Crippen molar-refractivity contribution in [1.29, 1.82) is 0 Å². The topological polar surface area (TPSA) is 58.4 Å². The van der Waals surface area contributed by atoms with Crippen LogP contribution in [0.25, 0.3) is 0 Å². The molecule has 106 valence electrons. The molecule has 1 aromatic carbocycles. The summed E-state index contributed by atoms with van der Waals surface area (Å²) in [6.07, 6.45) is 0.445. The molecule has 0 heterocycles. The van der Waals surface area contributed by atoms with Gasteiger partial charge in [-0.05, 0) is 25.6 Å². The number of benzene rings is 1. The Morgan fingerprint density at radius 1 is 1.47 bits per heavy atom. The van der Waals surface area contributed by atoms with Gasteiger partial charge in [0.05, 0.1) is 6.04 Å². The minimum atomic E-state index is -0.0745. The average molecular weight is 284 g/mol. The maximum Gasteiger partial charge on any atom is 0.221 e. The lowest BCUT2D eigenvalue weighted by molar-refractivity contribution is -0.121. The Labute approximate surface area is 119 Å². The van der Waals surface area contributed by atoms with E-state index in [0.29, 0.717) is 18.0 Å². The molecule has 0 saturated carbocycles. The molecule has 1 amide bonds. The molecular formula is C14H22ClN3O. The van der Waals surface area contributed by atoms with Crippen molar-refractivity contribution in [1.82, 2.24) is 10.2 Å². The van der Waals surface area contributed by atoms with E-state index in [1.807, 2.05) is 38.2 Å². The summed E-state index contributed by atoms with van der Waals surface area (Å²) < 4.78 is 0. The Hall–Kier alpha value is -1.10. The molecular weight excluding hydrogens is 262 g/mol. The fraction of sp³-hybridized carbons (Fsp3) is 0.500. The van der Waals surface area contributed by atoms with E-state index >= 15 is 0 Å². The molecule has 0 spiro atoms. The predicted molar refractivity (Wildman–Crippen MR) is 79.2 cm³/mol. The second-order valence-electron chi connectivity index (χ2n) is 4.73. The lowest BCUT2D eigenvalue weighted by Crippen LogP contribution is -2.39. The van der Waals surface area contributed by atoms with Crippen LogP contribution in [0.3, 0.4) is 0 Å². The Balaban J connectivity index is 2.83. The first-order chi connectivity index (χ1) is 8.97. The normalized spacial score (nSPS) is 14.2. The molecule has 5 heteroatoms. The van der Waals surface area contributed by atoms with Crippen molar-refractivity contribution in [2.45, 2.75) is 25.4 Å². The van der Waals surface area contributed by atoms with Gasteiger partial charge in [0.2, 0.25) is 5.91 Å². The fourth-order valence-electron chi connectivity index (χ4n) is 2.18. The van der Waals surface area contributed by atoms with Gasteiger partial charge in [-0.25, -0.2) is 0 Å². The minimum absolute atomic E-state index is 0.00152. The number of hydrogen-bond acceptors (Lipinski definition) is 3. The number of nitrogens with zero attached hydrogens (tertiary/aromatic N) is 1. The third-order valence-corrected chi connectivity index (χ3v) is 3.51. The first-order valence-corrected chi connectivity index (χ1v) is 6.76. The van der Waals surface area contributed by atoms with Gasteiger partial charge in [-0.15, -0.1) is 0 Å². The molecule has 0 aliphatic rings. The van der Waals surface area contributed by atoms with Crippen LogP contribution in [0.5, 0.6) is 0 Å². The molecule has 2 atom stereocenters. The first-order valence-electron chi connectivity index (χ1n) is 6.38. The highest BCUT2D eigenvalue weighted by Crippen LogP contribution is 2.28. The van der Waals surface area contributed by atoms with E-state index in [1.165, 1.54) is 0 Å². The van der Waals surface area contributed by atoms with E-state index in [0.717, 1.165) is 5.56 Å².